The monoisotopic (exact) mass is 322 g/mol. The molecule has 0 saturated carbocycles. The first kappa shape index (κ1) is 18.0. The van der Waals surface area contributed by atoms with Gasteiger partial charge in [-0.25, -0.2) is 0 Å². The second-order valence-corrected chi connectivity index (χ2v) is 6.72. The van der Waals surface area contributed by atoms with Gasteiger partial charge in [-0.3, -0.25) is 9.59 Å². The topological polar surface area (TPSA) is 49.9 Å². The molecule has 1 saturated heterocycles. The quantitative estimate of drug-likeness (QED) is 0.705. The Kier molecular flexibility index (Phi) is 7.09. The van der Waals surface area contributed by atoms with E-state index in [0.29, 0.717) is 26.1 Å². The molecule has 0 N–H and O–H groups in total. The number of hydrogen-bond acceptors (Lipinski definition) is 3. The van der Waals surface area contributed by atoms with Crippen molar-refractivity contribution in [1.29, 1.82) is 0 Å². The van der Waals surface area contributed by atoms with Crippen molar-refractivity contribution in [2.24, 2.45) is 5.92 Å². The number of amides is 2. The maximum Gasteiger partial charge on any atom is 0.227 e. The Hall–Kier alpha value is -1.36. The number of allylic oxidation sites excluding steroid dienone is 1. The van der Waals surface area contributed by atoms with E-state index in [2.05, 4.69) is 6.08 Å². The van der Waals surface area contributed by atoms with Crippen LogP contribution in [0.15, 0.2) is 11.6 Å². The highest BCUT2D eigenvalue weighted by atomic mass is 16.5. The molecule has 1 heterocycles. The SMILES string of the molecule is COCCN(C)C(=O)[C@@H]1CCCN(C(=O)CC2=CCCCC2)C1. The van der Waals surface area contributed by atoms with Crippen molar-refractivity contribution < 1.29 is 14.3 Å². The number of nitrogens with zero attached hydrogens (tertiary/aromatic N) is 2. The van der Waals surface area contributed by atoms with E-state index in [1.165, 1.54) is 18.4 Å². The first-order chi connectivity index (χ1) is 11.1. The highest BCUT2D eigenvalue weighted by molar-refractivity contribution is 5.82. The zero-order chi connectivity index (χ0) is 16.7. The molecule has 0 aromatic rings. The molecule has 23 heavy (non-hydrogen) atoms. The van der Waals surface area contributed by atoms with Crippen LogP contribution in [0.4, 0.5) is 0 Å². The van der Waals surface area contributed by atoms with Crippen LogP contribution in [0.1, 0.15) is 44.9 Å². The second-order valence-electron chi connectivity index (χ2n) is 6.72. The fourth-order valence-corrected chi connectivity index (χ4v) is 3.43. The molecule has 1 atom stereocenters. The van der Waals surface area contributed by atoms with Crippen LogP contribution in [-0.2, 0) is 14.3 Å². The predicted molar refractivity (Wildman–Crippen MR) is 90.0 cm³/mol. The van der Waals surface area contributed by atoms with Gasteiger partial charge in [-0.05, 0) is 38.5 Å². The van der Waals surface area contributed by atoms with Gasteiger partial charge in [0.25, 0.3) is 0 Å². The molecule has 0 aromatic heterocycles. The summed E-state index contributed by atoms with van der Waals surface area (Å²) in [5, 5.41) is 0. The Labute approximate surface area is 139 Å². The molecule has 130 valence electrons. The van der Waals surface area contributed by atoms with Crippen LogP contribution in [0.25, 0.3) is 0 Å². The fraction of sp³-hybridized carbons (Fsp3) is 0.778. The van der Waals surface area contributed by atoms with E-state index in [9.17, 15) is 9.59 Å². The van der Waals surface area contributed by atoms with Crippen molar-refractivity contribution in [3.63, 3.8) is 0 Å². The molecule has 1 aliphatic heterocycles. The molecule has 0 bridgehead atoms. The molecule has 2 amide bonds. The summed E-state index contributed by atoms with van der Waals surface area (Å²) in [6.07, 6.45) is 9.17. The smallest absolute Gasteiger partial charge is 0.227 e. The van der Waals surface area contributed by atoms with Crippen LogP contribution in [0.3, 0.4) is 0 Å². The summed E-state index contributed by atoms with van der Waals surface area (Å²) >= 11 is 0. The van der Waals surface area contributed by atoms with E-state index in [0.717, 1.165) is 32.2 Å². The number of methoxy groups -OCH3 is 1. The molecule has 5 heteroatoms. The van der Waals surface area contributed by atoms with E-state index >= 15 is 0 Å². The van der Waals surface area contributed by atoms with Crippen molar-refractivity contribution in [3.05, 3.63) is 11.6 Å². The summed E-state index contributed by atoms with van der Waals surface area (Å²) in [7, 11) is 3.45. The number of likely N-dealkylation sites (tertiary alicyclic amines) is 1. The summed E-state index contributed by atoms with van der Waals surface area (Å²) in [5.41, 5.74) is 1.28. The summed E-state index contributed by atoms with van der Waals surface area (Å²) < 4.78 is 5.03. The molecule has 1 aliphatic carbocycles. The van der Waals surface area contributed by atoms with Gasteiger partial charge in [0.2, 0.25) is 11.8 Å². The largest absolute Gasteiger partial charge is 0.383 e. The summed E-state index contributed by atoms with van der Waals surface area (Å²) in [4.78, 5) is 28.6. The van der Waals surface area contributed by atoms with Gasteiger partial charge in [0, 0.05) is 40.2 Å². The molecule has 0 spiro atoms. The van der Waals surface area contributed by atoms with Crippen LogP contribution >= 0.6 is 0 Å². The highest BCUT2D eigenvalue weighted by Gasteiger charge is 2.30. The molecule has 0 unspecified atom stereocenters. The second kappa shape index (κ2) is 9.06. The van der Waals surface area contributed by atoms with Gasteiger partial charge in [-0.2, -0.15) is 0 Å². The van der Waals surface area contributed by atoms with Crippen molar-refractivity contribution in [3.8, 4) is 0 Å². The van der Waals surface area contributed by atoms with Gasteiger partial charge in [-0.15, -0.1) is 0 Å². The Balaban J connectivity index is 1.85. The molecule has 2 rings (SSSR count). The molecule has 0 radical (unpaired) electrons. The normalized spacial score (nSPS) is 21.7. The lowest BCUT2D eigenvalue weighted by Crippen LogP contribution is -2.46. The minimum absolute atomic E-state index is 0.0603. The highest BCUT2D eigenvalue weighted by Crippen LogP contribution is 2.23. The number of carbonyl (C=O) groups excluding carboxylic acids is 2. The number of piperidine rings is 1. The van der Waals surface area contributed by atoms with Gasteiger partial charge in [0.1, 0.15) is 0 Å². The lowest BCUT2D eigenvalue weighted by molar-refractivity contribution is -0.140. The van der Waals surface area contributed by atoms with Crippen LogP contribution in [0, 0.1) is 5.92 Å². The zero-order valence-electron chi connectivity index (χ0n) is 14.6. The van der Waals surface area contributed by atoms with Crippen LogP contribution in [0.2, 0.25) is 0 Å². The predicted octanol–water partition coefficient (Wildman–Crippen LogP) is 2.22. The maximum atomic E-state index is 12.5. The molecular weight excluding hydrogens is 292 g/mol. The zero-order valence-corrected chi connectivity index (χ0v) is 14.6. The van der Waals surface area contributed by atoms with Crippen molar-refractivity contribution >= 4 is 11.8 Å². The minimum atomic E-state index is -0.0603. The van der Waals surface area contributed by atoms with E-state index in [1.54, 1.807) is 12.0 Å². The van der Waals surface area contributed by atoms with E-state index in [1.807, 2.05) is 11.9 Å². The van der Waals surface area contributed by atoms with E-state index in [-0.39, 0.29) is 17.7 Å². The third kappa shape index (κ3) is 5.34. The number of rotatable bonds is 6. The fourth-order valence-electron chi connectivity index (χ4n) is 3.43. The Bertz CT molecular complexity index is 448. The van der Waals surface area contributed by atoms with Crippen LogP contribution in [-0.4, -0.2) is 62.0 Å². The molecule has 2 aliphatic rings. The molecule has 1 fully saturated rings. The van der Waals surface area contributed by atoms with E-state index < -0.39 is 0 Å². The minimum Gasteiger partial charge on any atom is -0.383 e. The Morgan fingerprint density at radius 3 is 2.87 bits per heavy atom. The van der Waals surface area contributed by atoms with Crippen LogP contribution < -0.4 is 0 Å². The van der Waals surface area contributed by atoms with Gasteiger partial charge in [0.15, 0.2) is 0 Å². The van der Waals surface area contributed by atoms with Crippen LogP contribution in [0.5, 0.6) is 0 Å². The average molecular weight is 322 g/mol. The summed E-state index contributed by atoms with van der Waals surface area (Å²) in [5.74, 6) is 0.265. The first-order valence-corrected chi connectivity index (χ1v) is 8.81. The standard InChI is InChI=1S/C18H30N2O3/c1-19(11-12-23-2)18(22)16-9-6-10-20(14-16)17(21)13-15-7-4-3-5-8-15/h7,16H,3-6,8-14H2,1-2H3/t16-/m1/s1. The third-order valence-electron chi connectivity index (χ3n) is 4.89. The van der Waals surface area contributed by atoms with E-state index in [4.69, 9.17) is 4.74 Å². The number of hydrogen-bond donors (Lipinski definition) is 0. The van der Waals surface area contributed by atoms with Crippen molar-refractivity contribution in [2.45, 2.75) is 44.9 Å². The number of likely N-dealkylation sites (N-methyl/N-ethyl adjacent to an activating group) is 1. The lowest BCUT2D eigenvalue weighted by atomic mass is 9.94. The Morgan fingerprint density at radius 1 is 1.35 bits per heavy atom. The summed E-state index contributed by atoms with van der Waals surface area (Å²) in [6, 6.07) is 0. The maximum absolute atomic E-state index is 12.5. The average Bonchev–Trinajstić information content (AvgIpc) is 2.60. The van der Waals surface area contributed by atoms with Gasteiger partial charge in [-0.1, -0.05) is 11.6 Å². The van der Waals surface area contributed by atoms with Gasteiger partial charge < -0.3 is 14.5 Å². The lowest BCUT2D eigenvalue weighted by Gasteiger charge is -2.34. The number of ether oxygens (including phenoxy) is 1. The van der Waals surface area contributed by atoms with Gasteiger partial charge in [0.05, 0.1) is 12.5 Å². The first-order valence-electron chi connectivity index (χ1n) is 8.81. The number of carbonyl (C=O) groups is 2. The molecule has 5 nitrogen and oxygen atoms in total. The molecular formula is C18H30N2O3. The van der Waals surface area contributed by atoms with Crippen molar-refractivity contribution in [1.82, 2.24) is 9.80 Å². The van der Waals surface area contributed by atoms with Gasteiger partial charge >= 0.3 is 0 Å². The third-order valence-corrected chi connectivity index (χ3v) is 4.89. The molecule has 0 aromatic carbocycles. The Morgan fingerprint density at radius 2 is 2.17 bits per heavy atom. The van der Waals surface area contributed by atoms with Crippen molar-refractivity contribution in [2.75, 3.05) is 40.4 Å². The summed E-state index contributed by atoms with van der Waals surface area (Å²) in [6.45, 7) is 2.51.